The number of carboxylic acids is 3. The summed E-state index contributed by atoms with van der Waals surface area (Å²) in [5.41, 5.74) is 6.90. The van der Waals surface area contributed by atoms with Crippen LogP contribution in [0.1, 0.15) is 11.6 Å². The van der Waals surface area contributed by atoms with Gasteiger partial charge in [-0.05, 0) is 21.6 Å². The third-order valence-corrected chi connectivity index (χ3v) is 7.77. The maximum atomic E-state index is 12.8. The van der Waals surface area contributed by atoms with Gasteiger partial charge in [0.1, 0.15) is 29.7 Å². The Balaban J connectivity index is 0.000000587. The number of hydrogen-bond donors (Lipinski definition) is 5. The zero-order valence-electron chi connectivity index (χ0n) is 20.4. The molecule has 6 N–H and O–H groups in total. The molecule has 2 unspecified atom stereocenters. The second-order valence-corrected chi connectivity index (χ2v) is 10.2. The third kappa shape index (κ3) is 7.52. The van der Waals surface area contributed by atoms with Crippen LogP contribution in [0.4, 0.5) is 13.2 Å². The monoisotopic (exact) mass is 619 g/mol. The van der Waals surface area contributed by atoms with E-state index in [4.69, 9.17) is 20.7 Å². The summed E-state index contributed by atoms with van der Waals surface area (Å²) in [6.45, 7) is -0.436. The maximum Gasteiger partial charge on any atom is 0.490 e. The number of benzene rings is 1. The predicted molar refractivity (Wildman–Crippen MR) is 133 cm³/mol. The molecule has 4 rings (SSSR count). The molecule has 1 fully saturated rings. The topological polar surface area (TPSA) is 231 Å². The van der Waals surface area contributed by atoms with Crippen molar-refractivity contribution in [1.29, 1.82) is 0 Å². The zero-order valence-corrected chi connectivity index (χ0v) is 22.0. The molecule has 1 aromatic carbocycles. The average molecular weight is 620 g/mol. The third-order valence-electron chi connectivity index (χ3n) is 5.39. The normalized spacial score (nSPS) is 18.8. The number of β-lactam (4-membered cyclic amide) rings is 1. The number of carboxylic acid groups (broad SMARTS) is 3. The van der Waals surface area contributed by atoms with Crippen molar-refractivity contribution in [3.63, 3.8) is 0 Å². The molecule has 3 heterocycles. The van der Waals surface area contributed by atoms with Crippen LogP contribution in [0, 0.1) is 0 Å². The minimum Gasteiger partial charge on any atom is -0.480 e. The molecular weight excluding hydrogens is 599 g/mol. The van der Waals surface area contributed by atoms with Gasteiger partial charge in [0, 0.05) is 11.5 Å². The Morgan fingerprint density at radius 1 is 1.17 bits per heavy atom. The molecule has 1 aromatic heterocycles. The van der Waals surface area contributed by atoms with Crippen LogP contribution in [0.25, 0.3) is 0 Å². The largest absolute Gasteiger partial charge is 0.490 e. The highest BCUT2D eigenvalue weighted by Crippen LogP contribution is 2.41. The molecule has 2 aliphatic rings. The van der Waals surface area contributed by atoms with E-state index in [-0.39, 0.29) is 16.6 Å². The maximum absolute atomic E-state index is 12.8. The van der Waals surface area contributed by atoms with Gasteiger partial charge in [-0.1, -0.05) is 42.1 Å². The number of nitrogens with two attached hydrogens (primary N) is 1. The number of tetrazole rings is 1. The molecule has 0 saturated carbocycles. The first-order valence-electron chi connectivity index (χ1n) is 11.1. The number of aromatic nitrogens is 4. The second kappa shape index (κ2) is 13.0. The molecule has 15 nitrogen and oxygen atoms in total. The summed E-state index contributed by atoms with van der Waals surface area (Å²) < 4.78 is 32.8. The number of alkyl halides is 3. The van der Waals surface area contributed by atoms with Crippen LogP contribution in [0.2, 0.25) is 0 Å². The van der Waals surface area contributed by atoms with Crippen molar-refractivity contribution in [2.24, 2.45) is 5.73 Å². The van der Waals surface area contributed by atoms with E-state index < -0.39 is 59.9 Å². The molecule has 1 saturated heterocycles. The number of thioether (sulfide) groups is 2. The molecule has 0 spiro atoms. The standard InChI is InChI=1S/C19H19N7O6S2.C2HF3O2/c20-12(9-4-2-1-3-5-9)15(29)21-13-16(30)26-14(18(31)32)10(7-33-17(13)26)8-34-19-22-23-24-25(19)6-11(27)28;3-2(4,5)1(6)7/h1-5,12-13,17H,6-8,20H2,(H,21,29)(H,27,28)(H,31,32);(H,6,7)/t12?,13?,17-;/m1./s1. The van der Waals surface area contributed by atoms with Crippen LogP contribution < -0.4 is 11.1 Å². The van der Waals surface area contributed by atoms with Gasteiger partial charge < -0.3 is 26.4 Å². The lowest BCUT2D eigenvalue weighted by Crippen LogP contribution is -2.71. The highest BCUT2D eigenvalue weighted by atomic mass is 32.2. The van der Waals surface area contributed by atoms with Crippen molar-refractivity contribution in [1.82, 2.24) is 30.4 Å². The van der Waals surface area contributed by atoms with Gasteiger partial charge >= 0.3 is 24.1 Å². The molecule has 0 aliphatic carbocycles. The fourth-order valence-electron chi connectivity index (χ4n) is 3.53. The first-order valence-corrected chi connectivity index (χ1v) is 13.2. The van der Waals surface area contributed by atoms with Gasteiger partial charge in [-0.3, -0.25) is 19.3 Å². The van der Waals surface area contributed by atoms with Gasteiger partial charge in [-0.25, -0.2) is 14.3 Å². The van der Waals surface area contributed by atoms with Gasteiger partial charge in [0.05, 0.1) is 0 Å². The minimum atomic E-state index is -5.08. The molecule has 2 aromatic rings. The fraction of sp³-hybridized carbons (Fsp3) is 0.333. The molecular formula is C21H20F3N7O8S2. The molecule has 41 heavy (non-hydrogen) atoms. The summed E-state index contributed by atoms with van der Waals surface area (Å²) in [5, 5.41) is 38.9. The van der Waals surface area contributed by atoms with Gasteiger partial charge in [0.25, 0.3) is 5.91 Å². The Hall–Kier alpha value is -4.17. The van der Waals surface area contributed by atoms with Crippen molar-refractivity contribution in [2.75, 3.05) is 11.5 Å². The van der Waals surface area contributed by atoms with E-state index in [0.717, 1.165) is 21.3 Å². The van der Waals surface area contributed by atoms with Crippen molar-refractivity contribution in [3.05, 3.63) is 47.2 Å². The Morgan fingerprint density at radius 2 is 1.80 bits per heavy atom. The highest BCUT2D eigenvalue weighted by molar-refractivity contribution is 8.01. The SMILES string of the molecule is NC(C(=O)NC1C(=O)N2C(C(=O)O)=C(CSc3nnnn3CC(=O)O)CS[C@H]12)c1ccccc1.O=C(O)C(F)(F)F. The smallest absolute Gasteiger partial charge is 0.480 e. The Kier molecular flexibility index (Phi) is 9.94. The first-order chi connectivity index (χ1) is 19.2. The summed E-state index contributed by atoms with van der Waals surface area (Å²) in [4.78, 5) is 58.4. The molecule has 0 radical (unpaired) electrons. The quantitative estimate of drug-likeness (QED) is 0.183. The van der Waals surface area contributed by atoms with Crippen LogP contribution >= 0.6 is 23.5 Å². The molecule has 3 atom stereocenters. The number of rotatable bonds is 9. The fourth-order valence-corrected chi connectivity index (χ4v) is 5.89. The van der Waals surface area contributed by atoms with Gasteiger partial charge in [0.15, 0.2) is 0 Å². The van der Waals surface area contributed by atoms with E-state index in [1.165, 1.54) is 11.8 Å². The van der Waals surface area contributed by atoms with E-state index in [9.17, 15) is 37.5 Å². The van der Waals surface area contributed by atoms with Crippen LogP contribution in [0.3, 0.4) is 0 Å². The van der Waals surface area contributed by atoms with Crippen molar-refractivity contribution < 1.29 is 52.5 Å². The molecule has 0 bridgehead atoms. The molecule has 20 heteroatoms. The van der Waals surface area contributed by atoms with Crippen molar-refractivity contribution >= 4 is 53.2 Å². The highest BCUT2D eigenvalue weighted by Gasteiger charge is 2.54. The minimum absolute atomic E-state index is 0.140. The number of carbonyl (C=O) groups excluding carboxylic acids is 2. The summed E-state index contributed by atoms with van der Waals surface area (Å²) in [6.07, 6.45) is -5.08. The second-order valence-electron chi connectivity index (χ2n) is 8.15. The molecule has 2 aliphatic heterocycles. The number of aliphatic carboxylic acids is 3. The lowest BCUT2D eigenvalue weighted by molar-refractivity contribution is -0.192. The predicted octanol–water partition coefficient (Wildman–Crippen LogP) is -0.0783. The Labute approximate surface area is 235 Å². The van der Waals surface area contributed by atoms with Gasteiger partial charge in [0.2, 0.25) is 11.1 Å². The van der Waals surface area contributed by atoms with Crippen molar-refractivity contribution in [2.45, 2.75) is 35.3 Å². The molecule has 220 valence electrons. The van der Waals surface area contributed by atoms with E-state index in [1.807, 2.05) is 0 Å². The van der Waals surface area contributed by atoms with Crippen LogP contribution in [0.15, 0.2) is 46.8 Å². The number of carbonyl (C=O) groups is 5. The zero-order chi connectivity index (χ0) is 30.5. The summed E-state index contributed by atoms with van der Waals surface area (Å²) >= 11 is 2.39. The van der Waals surface area contributed by atoms with E-state index >= 15 is 0 Å². The first kappa shape index (κ1) is 31.4. The Morgan fingerprint density at radius 3 is 2.37 bits per heavy atom. The summed E-state index contributed by atoms with van der Waals surface area (Å²) in [5.74, 6) is -5.79. The van der Waals surface area contributed by atoms with Gasteiger partial charge in [-0.15, -0.1) is 16.9 Å². The van der Waals surface area contributed by atoms with E-state index in [1.54, 1.807) is 30.3 Å². The lowest BCUT2D eigenvalue weighted by atomic mass is 10.0. The van der Waals surface area contributed by atoms with E-state index in [2.05, 4.69) is 20.8 Å². The molecule has 2 amide bonds. The lowest BCUT2D eigenvalue weighted by Gasteiger charge is -2.49. The van der Waals surface area contributed by atoms with Crippen LogP contribution in [-0.4, -0.2) is 99.2 Å². The number of nitrogens with zero attached hydrogens (tertiary/aromatic N) is 5. The number of halogens is 3. The van der Waals surface area contributed by atoms with Crippen molar-refractivity contribution in [3.8, 4) is 0 Å². The van der Waals surface area contributed by atoms with Gasteiger partial charge in [-0.2, -0.15) is 13.2 Å². The number of fused-ring (bicyclic) bond motifs is 1. The summed E-state index contributed by atoms with van der Waals surface area (Å²) in [6, 6.07) is 6.85. The number of amides is 2. The number of nitrogens with one attached hydrogen (secondary N) is 1. The number of hydrogen-bond acceptors (Lipinski definition) is 11. The summed E-state index contributed by atoms with van der Waals surface area (Å²) in [7, 11) is 0. The van der Waals surface area contributed by atoms with Crippen LogP contribution in [0.5, 0.6) is 0 Å². The van der Waals surface area contributed by atoms with E-state index in [0.29, 0.717) is 16.9 Å². The Bertz CT molecular complexity index is 1370. The van der Waals surface area contributed by atoms with Crippen LogP contribution in [-0.2, 0) is 30.5 Å². The average Bonchev–Trinajstić information content (AvgIpc) is 3.35.